The number of imide groups is 1. The van der Waals surface area contributed by atoms with Gasteiger partial charge in [-0.1, -0.05) is 23.7 Å². The Morgan fingerprint density at radius 3 is 2.34 bits per heavy atom. The molecule has 2 unspecified atom stereocenters. The molecule has 3 aliphatic heterocycles. The molecular weight excluding hydrogens is 468 g/mol. The molecule has 2 atom stereocenters. The van der Waals surface area contributed by atoms with Gasteiger partial charge in [-0.05, 0) is 42.0 Å². The number of nitrogens with one attached hydrogen (secondary N) is 1. The van der Waals surface area contributed by atoms with Crippen LogP contribution in [0.2, 0.25) is 5.02 Å². The van der Waals surface area contributed by atoms with E-state index < -0.39 is 18.2 Å². The molecule has 35 heavy (non-hydrogen) atoms. The first-order chi connectivity index (χ1) is 16.9. The van der Waals surface area contributed by atoms with Gasteiger partial charge in [0.2, 0.25) is 0 Å². The van der Waals surface area contributed by atoms with Crippen molar-refractivity contribution in [3.8, 4) is 5.75 Å². The number of aliphatic imine (C=N–C) groups is 1. The molecule has 0 aliphatic carbocycles. The zero-order chi connectivity index (χ0) is 24.5. The molecule has 2 saturated heterocycles. The van der Waals surface area contributed by atoms with Gasteiger partial charge in [-0.3, -0.25) is 15.0 Å². The Hall–Kier alpha value is -3.30. The molecule has 0 saturated carbocycles. The third-order valence-corrected chi connectivity index (χ3v) is 7.14. The number of rotatable bonds is 6. The van der Waals surface area contributed by atoms with E-state index in [0.717, 1.165) is 43.3 Å². The number of carbonyl (C=O) groups excluding carboxylic acids is 2. The molecule has 10 heteroatoms. The Morgan fingerprint density at radius 2 is 1.69 bits per heavy atom. The van der Waals surface area contributed by atoms with E-state index in [1.54, 1.807) is 14.2 Å². The Bertz CT molecular complexity index is 1120. The van der Waals surface area contributed by atoms with Gasteiger partial charge in [0.15, 0.2) is 12.2 Å². The lowest BCUT2D eigenvalue weighted by Gasteiger charge is -2.38. The minimum Gasteiger partial charge on any atom is -0.497 e. The number of fused-ring (bicyclic) bond motifs is 1. The number of hydrogen-bond acceptors (Lipinski definition) is 7. The van der Waals surface area contributed by atoms with E-state index in [-0.39, 0.29) is 5.91 Å². The number of piperazine rings is 1. The van der Waals surface area contributed by atoms with Gasteiger partial charge in [-0.25, -0.2) is 9.79 Å². The van der Waals surface area contributed by atoms with E-state index in [4.69, 9.17) is 21.3 Å². The molecule has 1 N–H and O–H groups in total. The normalized spacial score (nSPS) is 22.7. The fraction of sp³-hybridized carbons (Fsp3) is 0.400. The zero-order valence-electron chi connectivity index (χ0n) is 19.9. The number of urea groups is 1. The van der Waals surface area contributed by atoms with Crippen molar-refractivity contribution < 1.29 is 14.3 Å². The summed E-state index contributed by atoms with van der Waals surface area (Å²) in [6, 6.07) is 14.8. The van der Waals surface area contributed by atoms with Gasteiger partial charge in [-0.15, -0.1) is 0 Å². The number of amides is 3. The summed E-state index contributed by atoms with van der Waals surface area (Å²) in [5, 5.41) is 3.13. The first-order valence-corrected chi connectivity index (χ1v) is 12.1. The van der Waals surface area contributed by atoms with Crippen molar-refractivity contribution in [3.63, 3.8) is 0 Å². The third kappa shape index (κ3) is 4.78. The molecule has 5 rings (SSSR count). The second-order valence-electron chi connectivity index (χ2n) is 9.02. The largest absolute Gasteiger partial charge is 0.497 e. The van der Waals surface area contributed by atoms with E-state index in [1.165, 1.54) is 10.6 Å². The molecular formula is C25H29ClN6O3. The molecule has 2 fully saturated rings. The molecule has 9 nitrogen and oxygen atoms in total. The quantitative estimate of drug-likeness (QED) is 0.661. The number of likely N-dealkylation sites (N-methyl/N-ethyl adjacent to an activating group) is 1. The standard InChI is InChI=1S/C25H29ClN6O3/c1-29-23-22(24(33)28-25(29)34)32(15-17-3-5-18(26)6-4-17)21(27-23)16-30-11-13-31(14-12-30)19-7-9-20(35-2)10-8-19/h3-10,22-23H,11-16H2,1-2H3,(H,28,33,34). The third-order valence-electron chi connectivity index (χ3n) is 6.89. The monoisotopic (exact) mass is 496 g/mol. The van der Waals surface area contributed by atoms with E-state index in [2.05, 4.69) is 27.2 Å². The molecule has 2 aromatic rings. The minimum atomic E-state index is -0.552. The molecule has 0 radical (unpaired) electrons. The van der Waals surface area contributed by atoms with Crippen LogP contribution in [0, 0.1) is 0 Å². The first kappa shape index (κ1) is 23.4. The van der Waals surface area contributed by atoms with E-state index in [0.29, 0.717) is 18.1 Å². The lowest BCUT2D eigenvalue weighted by molar-refractivity contribution is -0.127. The average Bonchev–Trinajstić information content (AvgIpc) is 3.23. The Balaban J connectivity index is 1.30. The molecule has 0 spiro atoms. The minimum absolute atomic E-state index is 0.310. The smallest absolute Gasteiger partial charge is 0.325 e. The fourth-order valence-electron chi connectivity index (χ4n) is 4.85. The number of anilines is 1. The SMILES string of the molecule is COc1ccc(N2CCN(CC3=NC4C(C(=O)NC(=O)N4C)N3Cc3ccc(Cl)cc3)CC2)cc1. The zero-order valence-corrected chi connectivity index (χ0v) is 20.6. The Morgan fingerprint density at radius 1 is 1.00 bits per heavy atom. The van der Waals surface area contributed by atoms with E-state index >= 15 is 0 Å². The maximum atomic E-state index is 12.8. The van der Waals surface area contributed by atoms with Crippen molar-refractivity contribution in [2.24, 2.45) is 4.99 Å². The lowest BCUT2D eigenvalue weighted by Crippen LogP contribution is -2.63. The highest BCUT2D eigenvalue weighted by Crippen LogP contribution is 2.27. The summed E-state index contributed by atoms with van der Waals surface area (Å²) in [5.74, 6) is 1.36. The topological polar surface area (TPSA) is 80.7 Å². The van der Waals surface area contributed by atoms with Crippen molar-refractivity contribution >= 4 is 35.1 Å². The van der Waals surface area contributed by atoms with Crippen LogP contribution in [0.25, 0.3) is 0 Å². The summed E-state index contributed by atoms with van der Waals surface area (Å²) in [7, 11) is 3.35. The molecule has 3 amide bonds. The van der Waals surface area contributed by atoms with Crippen molar-refractivity contribution in [2.75, 3.05) is 51.8 Å². The molecule has 0 bridgehead atoms. The molecule has 0 aromatic heterocycles. The fourth-order valence-corrected chi connectivity index (χ4v) is 4.97. The summed E-state index contributed by atoms with van der Waals surface area (Å²) < 4.78 is 5.26. The van der Waals surface area contributed by atoms with Crippen LogP contribution in [-0.4, -0.2) is 91.6 Å². The highest BCUT2D eigenvalue weighted by molar-refractivity contribution is 6.30. The van der Waals surface area contributed by atoms with Crippen LogP contribution < -0.4 is 15.0 Å². The number of methoxy groups -OCH3 is 1. The summed E-state index contributed by atoms with van der Waals surface area (Å²) in [4.78, 5) is 38.2. The predicted molar refractivity (Wildman–Crippen MR) is 135 cm³/mol. The number of amidine groups is 1. The highest BCUT2D eigenvalue weighted by atomic mass is 35.5. The highest BCUT2D eigenvalue weighted by Gasteiger charge is 2.48. The van der Waals surface area contributed by atoms with Crippen LogP contribution in [0.3, 0.4) is 0 Å². The van der Waals surface area contributed by atoms with Gasteiger partial charge in [0, 0.05) is 50.5 Å². The van der Waals surface area contributed by atoms with Crippen LogP contribution >= 0.6 is 11.6 Å². The first-order valence-electron chi connectivity index (χ1n) is 11.7. The average molecular weight is 497 g/mol. The summed E-state index contributed by atoms with van der Waals surface area (Å²) in [6.07, 6.45) is -0.529. The van der Waals surface area contributed by atoms with Crippen LogP contribution in [0.1, 0.15) is 5.56 Å². The van der Waals surface area contributed by atoms with E-state index in [1.807, 2.05) is 41.3 Å². The van der Waals surface area contributed by atoms with Gasteiger partial charge in [-0.2, -0.15) is 0 Å². The van der Waals surface area contributed by atoms with Gasteiger partial charge < -0.3 is 19.4 Å². The molecule has 3 heterocycles. The second kappa shape index (κ2) is 9.75. The summed E-state index contributed by atoms with van der Waals surface area (Å²) >= 11 is 6.06. The maximum absolute atomic E-state index is 12.8. The van der Waals surface area contributed by atoms with Crippen LogP contribution in [0.5, 0.6) is 5.75 Å². The summed E-state index contributed by atoms with van der Waals surface area (Å²) in [6.45, 7) is 4.65. The van der Waals surface area contributed by atoms with Crippen LogP contribution in [-0.2, 0) is 11.3 Å². The van der Waals surface area contributed by atoms with Gasteiger partial charge in [0.25, 0.3) is 5.91 Å². The van der Waals surface area contributed by atoms with Gasteiger partial charge in [0.1, 0.15) is 11.6 Å². The summed E-state index contributed by atoms with van der Waals surface area (Å²) in [5.41, 5.74) is 2.20. The number of halogens is 1. The number of ether oxygens (including phenoxy) is 1. The maximum Gasteiger partial charge on any atom is 0.325 e. The van der Waals surface area contributed by atoms with Crippen LogP contribution in [0.4, 0.5) is 10.5 Å². The van der Waals surface area contributed by atoms with Crippen molar-refractivity contribution in [1.82, 2.24) is 20.0 Å². The number of carbonyl (C=O) groups is 2. The van der Waals surface area contributed by atoms with Crippen molar-refractivity contribution in [1.29, 1.82) is 0 Å². The second-order valence-corrected chi connectivity index (χ2v) is 9.46. The van der Waals surface area contributed by atoms with Crippen molar-refractivity contribution in [2.45, 2.75) is 18.8 Å². The predicted octanol–water partition coefficient (Wildman–Crippen LogP) is 2.26. The Kier molecular flexibility index (Phi) is 6.53. The Labute approximate surface area is 209 Å². The van der Waals surface area contributed by atoms with Crippen molar-refractivity contribution in [3.05, 3.63) is 59.1 Å². The van der Waals surface area contributed by atoms with Gasteiger partial charge >= 0.3 is 6.03 Å². The number of nitrogens with zero attached hydrogens (tertiary/aromatic N) is 5. The molecule has 3 aliphatic rings. The molecule has 184 valence electrons. The lowest BCUT2D eigenvalue weighted by atomic mass is 10.1. The van der Waals surface area contributed by atoms with Gasteiger partial charge in [0.05, 0.1) is 13.7 Å². The molecule has 2 aromatic carbocycles. The number of hydrogen-bond donors (Lipinski definition) is 1. The van der Waals surface area contributed by atoms with Crippen LogP contribution in [0.15, 0.2) is 53.5 Å². The number of benzene rings is 2. The van der Waals surface area contributed by atoms with E-state index in [9.17, 15) is 9.59 Å².